The average Bonchev–Trinajstić information content (AvgIpc) is 2.80. The molecule has 1 saturated carbocycles. The van der Waals surface area contributed by atoms with E-state index in [1.54, 1.807) is 29.2 Å². The second-order valence-electron chi connectivity index (χ2n) is 8.16. The Morgan fingerprint density at radius 1 is 1.09 bits per heavy atom. The van der Waals surface area contributed by atoms with Gasteiger partial charge in [0.05, 0.1) is 5.75 Å². The van der Waals surface area contributed by atoms with Crippen molar-refractivity contribution in [2.75, 3.05) is 5.75 Å². The minimum absolute atomic E-state index is 0.105. The van der Waals surface area contributed by atoms with Crippen molar-refractivity contribution in [3.63, 3.8) is 0 Å². The van der Waals surface area contributed by atoms with Crippen LogP contribution in [0.25, 0.3) is 0 Å². The lowest BCUT2D eigenvalue weighted by atomic mass is 9.95. The molecule has 0 saturated heterocycles. The lowest BCUT2D eigenvalue weighted by Crippen LogP contribution is -2.52. The first-order chi connectivity index (χ1) is 15.5. The molecule has 0 bridgehead atoms. The van der Waals surface area contributed by atoms with Gasteiger partial charge in [0.2, 0.25) is 11.8 Å². The molecule has 1 atom stereocenters. The van der Waals surface area contributed by atoms with Gasteiger partial charge < -0.3 is 10.2 Å². The van der Waals surface area contributed by atoms with E-state index in [-0.39, 0.29) is 36.0 Å². The van der Waals surface area contributed by atoms with E-state index in [2.05, 4.69) is 5.32 Å². The van der Waals surface area contributed by atoms with Crippen LogP contribution in [0.3, 0.4) is 0 Å². The van der Waals surface area contributed by atoms with Crippen molar-refractivity contribution in [2.24, 2.45) is 0 Å². The Hall–Kier alpha value is -2.05. The summed E-state index contributed by atoms with van der Waals surface area (Å²) in [6.45, 7) is 2.18. The van der Waals surface area contributed by atoms with E-state index >= 15 is 0 Å². The van der Waals surface area contributed by atoms with Gasteiger partial charge in [-0.25, -0.2) is 4.39 Å². The number of carbonyl (C=O) groups excluding carboxylic acids is 2. The Balaban J connectivity index is 1.73. The molecule has 2 aromatic rings. The highest BCUT2D eigenvalue weighted by atomic mass is 35.5. The van der Waals surface area contributed by atoms with Gasteiger partial charge in [-0.15, -0.1) is 11.8 Å². The number of hydrogen-bond donors (Lipinski definition) is 1. The zero-order chi connectivity index (χ0) is 22.9. The number of thioether (sulfide) groups is 1. The van der Waals surface area contributed by atoms with Crippen LogP contribution in [0.2, 0.25) is 5.02 Å². The third-order valence-electron chi connectivity index (χ3n) is 5.78. The monoisotopic (exact) mass is 476 g/mol. The summed E-state index contributed by atoms with van der Waals surface area (Å²) in [4.78, 5) is 29.0. The number of hydrogen-bond acceptors (Lipinski definition) is 3. The molecule has 4 nitrogen and oxygen atoms in total. The summed E-state index contributed by atoms with van der Waals surface area (Å²) in [5.41, 5.74) is 0.792. The lowest BCUT2D eigenvalue weighted by Gasteiger charge is -2.32. The fourth-order valence-electron chi connectivity index (χ4n) is 4.01. The molecule has 32 heavy (non-hydrogen) atoms. The average molecular weight is 477 g/mol. The van der Waals surface area contributed by atoms with Gasteiger partial charge in [0.25, 0.3) is 0 Å². The van der Waals surface area contributed by atoms with Crippen LogP contribution in [0, 0.1) is 5.82 Å². The molecule has 1 fully saturated rings. The molecule has 0 aromatic heterocycles. The standard InChI is InChI=1S/C25H30ClFN2O2S/c1-2-23(25(31)28-21-6-4-3-5-7-21)29(16-18-8-12-20(27)13-9-18)24(30)17-32-22-14-10-19(26)11-15-22/h8-15,21,23H,2-7,16-17H2,1H3,(H,28,31). The van der Waals surface area contributed by atoms with Crippen LogP contribution in [-0.4, -0.2) is 34.6 Å². The smallest absolute Gasteiger partial charge is 0.243 e. The number of carbonyl (C=O) groups is 2. The van der Waals surface area contributed by atoms with E-state index in [1.807, 2.05) is 19.1 Å². The maximum atomic E-state index is 13.4. The Morgan fingerprint density at radius 3 is 2.38 bits per heavy atom. The first-order valence-corrected chi connectivity index (χ1v) is 12.5. The van der Waals surface area contributed by atoms with Crippen molar-refractivity contribution in [3.05, 3.63) is 64.9 Å². The van der Waals surface area contributed by atoms with Gasteiger partial charge in [-0.05, 0) is 61.2 Å². The Labute approximate surface area is 198 Å². The minimum Gasteiger partial charge on any atom is -0.352 e. The van der Waals surface area contributed by atoms with Crippen molar-refractivity contribution in [1.29, 1.82) is 0 Å². The maximum Gasteiger partial charge on any atom is 0.243 e. The van der Waals surface area contributed by atoms with Crippen molar-refractivity contribution >= 4 is 35.2 Å². The first-order valence-electron chi connectivity index (χ1n) is 11.2. The van der Waals surface area contributed by atoms with Crippen LogP contribution in [0.4, 0.5) is 4.39 Å². The van der Waals surface area contributed by atoms with Gasteiger partial charge in [0.15, 0.2) is 0 Å². The highest BCUT2D eigenvalue weighted by molar-refractivity contribution is 8.00. The summed E-state index contributed by atoms with van der Waals surface area (Å²) in [6.07, 6.45) is 5.94. The van der Waals surface area contributed by atoms with E-state index in [4.69, 9.17) is 11.6 Å². The summed E-state index contributed by atoms with van der Waals surface area (Å²) < 4.78 is 13.4. The highest BCUT2D eigenvalue weighted by Crippen LogP contribution is 2.23. The predicted molar refractivity (Wildman–Crippen MR) is 128 cm³/mol. The second kappa shape index (κ2) is 12.3. The van der Waals surface area contributed by atoms with Gasteiger partial charge in [-0.1, -0.05) is 49.9 Å². The predicted octanol–water partition coefficient (Wildman–Crippen LogP) is 5.83. The van der Waals surface area contributed by atoms with Crippen molar-refractivity contribution in [1.82, 2.24) is 10.2 Å². The molecule has 172 valence electrons. The highest BCUT2D eigenvalue weighted by Gasteiger charge is 2.30. The van der Waals surface area contributed by atoms with Crippen LogP contribution < -0.4 is 5.32 Å². The molecule has 0 aliphatic heterocycles. The summed E-state index contributed by atoms with van der Waals surface area (Å²) >= 11 is 7.36. The van der Waals surface area contributed by atoms with E-state index in [9.17, 15) is 14.0 Å². The number of rotatable bonds is 9. The molecule has 7 heteroatoms. The van der Waals surface area contributed by atoms with Crippen LogP contribution in [0.5, 0.6) is 0 Å². The first kappa shape index (κ1) is 24.6. The lowest BCUT2D eigenvalue weighted by molar-refractivity contribution is -0.139. The van der Waals surface area contributed by atoms with Gasteiger partial charge in [-0.2, -0.15) is 0 Å². The topological polar surface area (TPSA) is 49.4 Å². The van der Waals surface area contributed by atoms with Crippen LogP contribution >= 0.6 is 23.4 Å². The minimum atomic E-state index is -0.569. The number of nitrogens with zero attached hydrogens (tertiary/aromatic N) is 1. The summed E-state index contributed by atoms with van der Waals surface area (Å²) in [5, 5.41) is 3.81. The van der Waals surface area contributed by atoms with E-state index in [1.165, 1.54) is 30.3 Å². The number of benzene rings is 2. The maximum absolute atomic E-state index is 13.4. The third kappa shape index (κ3) is 7.24. The molecule has 3 rings (SSSR count). The molecule has 0 radical (unpaired) electrons. The molecule has 1 aliphatic rings. The Kier molecular flexibility index (Phi) is 9.42. The van der Waals surface area contributed by atoms with Crippen LogP contribution in [-0.2, 0) is 16.1 Å². The van der Waals surface area contributed by atoms with Gasteiger partial charge >= 0.3 is 0 Å². The molecule has 0 heterocycles. The van der Waals surface area contributed by atoms with Crippen molar-refractivity contribution in [3.8, 4) is 0 Å². The zero-order valence-corrected chi connectivity index (χ0v) is 19.9. The molecule has 0 spiro atoms. The van der Waals surface area contributed by atoms with Gasteiger partial charge in [0.1, 0.15) is 11.9 Å². The normalized spacial score (nSPS) is 15.2. The number of amides is 2. The largest absolute Gasteiger partial charge is 0.352 e. The van der Waals surface area contributed by atoms with E-state index < -0.39 is 6.04 Å². The fourth-order valence-corrected chi connectivity index (χ4v) is 4.92. The van der Waals surface area contributed by atoms with Gasteiger partial charge in [0, 0.05) is 22.5 Å². The van der Waals surface area contributed by atoms with Crippen LogP contribution in [0.15, 0.2) is 53.4 Å². The second-order valence-corrected chi connectivity index (χ2v) is 9.64. The molecule has 2 aromatic carbocycles. The molecule has 1 N–H and O–H groups in total. The summed E-state index contributed by atoms with van der Waals surface area (Å²) in [6, 6.07) is 13.0. The fraction of sp³-hybridized carbons (Fsp3) is 0.440. The van der Waals surface area contributed by atoms with E-state index in [0.717, 1.165) is 36.1 Å². The number of nitrogens with one attached hydrogen (secondary N) is 1. The Bertz CT molecular complexity index is 886. The molecule has 1 aliphatic carbocycles. The summed E-state index contributed by atoms with van der Waals surface area (Å²) in [5.74, 6) is -0.353. The molecular formula is C25H30ClFN2O2S. The summed E-state index contributed by atoms with van der Waals surface area (Å²) in [7, 11) is 0. The zero-order valence-electron chi connectivity index (χ0n) is 18.4. The molecule has 2 amide bonds. The SMILES string of the molecule is CCC(C(=O)NC1CCCCC1)N(Cc1ccc(F)cc1)C(=O)CSc1ccc(Cl)cc1. The third-order valence-corrected chi connectivity index (χ3v) is 7.03. The number of halogens is 2. The van der Waals surface area contributed by atoms with Crippen molar-refractivity contribution in [2.45, 2.75) is 69.0 Å². The Morgan fingerprint density at radius 2 is 1.75 bits per heavy atom. The van der Waals surface area contributed by atoms with Crippen molar-refractivity contribution < 1.29 is 14.0 Å². The van der Waals surface area contributed by atoms with Gasteiger partial charge in [-0.3, -0.25) is 9.59 Å². The molecular weight excluding hydrogens is 447 g/mol. The van der Waals surface area contributed by atoms with E-state index in [0.29, 0.717) is 11.4 Å². The molecule has 1 unspecified atom stereocenters. The van der Waals surface area contributed by atoms with Crippen LogP contribution in [0.1, 0.15) is 51.0 Å². The quantitative estimate of drug-likeness (QED) is 0.463.